The van der Waals surface area contributed by atoms with Crippen LogP contribution in [0.3, 0.4) is 0 Å². The summed E-state index contributed by atoms with van der Waals surface area (Å²) in [4.78, 5) is 19.4. The van der Waals surface area contributed by atoms with E-state index in [0.717, 1.165) is 36.5 Å². The van der Waals surface area contributed by atoms with Gasteiger partial charge in [0.15, 0.2) is 0 Å². The fourth-order valence-electron chi connectivity index (χ4n) is 3.08. The van der Waals surface area contributed by atoms with Crippen molar-refractivity contribution in [2.45, 2.75) is 33.4 Å². The average molecular weight is 351 g/mol. The molecule has 3 rings (SSSR count). The van der Waals surface area contributed by atoms with E-state index in [0.29, 0.717) is 12.2 Å². The Morgan fingerprint density at radius 2 is 1.88 bits per heavy atom. The van der Waals surface area contributed by atoms with Crippen molar-refractivity contribution in [3.05, 3.63) is 75.8 Å². The summed E-state index contributed by atoms with van der Waals surface area (Å²) in [7, 11) is 1.67. The van der Waals surface area contributed by atoms with Crippen molar-refractivity contribution in [3.63, 3.8) is 0 Å². The maximum absolute atomic E-state index is 12.4. The van der Waals surface area contributed by atoms with Gasteiger partial charge < -0.3 is 4.74 Å². The van der Waals surface area contributed by atoms with E-state index in [1.807, 2.05) is 31.2 Å². The molecule has 0 bridgehead atoms. The summed E-state index contributed by atoms with van der Waals surface area (Å²) in [6.07, 6.45) is 2.83. The second kappa shape index (κ2) is 8.15. The lowest BCUT2D eigenvalue weighted by Crippen LogP contribution is -2.26. The van der Waals surface area contributed by atoms with Crippen LogP contribution in [0.15, 0.2) is 53.5 Å². The van der Waals surface area contributed by atoms with E-state index in [1.54, 1.807) is 23.8 Å². The monoisotopic (exact) mass is 351 g/mol. The summed E-state index contributed by atoms with van der Waals surface area (Å²) in [6, 6.07) is 13.6. The van der Waals surface area contributed by atoms with Crippen molar-refractivity contribution in [1.82, 2.24) is 14.3 Å². The zero-order valence-corrected chi connectivity index (χ0v) is 15.6. The molecule has 0 spiro atoms. The van der Waals surface area contributed by atoms with Gasteiger partial charge in [-0.3, -0.25) is 14.1 Å². The highest BCUT2D eigenvalue weighted by Gasteiger charge is 2.10. The standard InChI is InChI=1S/C21H25N3O2/c1-4-10-23(14-17-5-7-19(26-3)8-6-17)15-18-13-21(25)24-11-9-16(2)12-20(24)22-18/h5-9,11-13H,4,10,14-15H2,1-3H3. The largest absolute Gasteiger partial charge is 0.497 e. The Hall–Kier alpha value is -2.66. The fourth-order valence-corrected chi connectivity index (χ4v) is 3.08. The molecule has 5 heteroatoms. The number of rotatable bonds is 7. The molecule has 0 aliphatic carbocycles. The van der Waals surface area contributed by atoms with Crippen molar-refractivity contribution in [1.29, 1.82) is 0 Å². The first-order valence-corrected chi connectivity index (χ1v) is 8.93. The first-order valence-electron chi connectivity index (χ1n) is 8.93. The Bertz CT molecular complexity index is 932. The van der Waals surface area contributed by atoms with E-state index in [4.69, 9.17) is 4.74 Å². The summed E-state index contributed by atoms with van der Waals surface area (Å²) < 4.78 is 6.81. The van der Waals surface area contributed by atoms with Crippen molar-refractivity contribution in [3.8, 4) is 5.75 Å². The summed E-state index contributed by atoms with van der Waals surface area (Å²) in [6.45, 7) is 6.58. The van der Waals surface area contributed by atoms with Gasteiger partial charge in [-0.25, -0.2) is 4.98 Å². The second-order valence-electron chi connectivity index (χ2n) is 6.58. The number of aromatic nitrogens is 2. The van der Waals surface area contributed by atoms with Gasteiger partial charge in [0.05, 0.1) is 12.8 Å². The van der Waals surface area contributed by atoms with E-state index < -0.39 is 0 Å². The third-order valence-electron chi connectivity index (χ3n) is 4.37. The number of pyridine rings is 1. The van der Waals surface area contributed by atoms with E-state index in [-0.39, 0.29) is 5.56 Å². The van der Waals surface area contributed by atoms with Gasteiger partial charge in [-0.1, -0.05) is 19.1 Å². The van der Waals surface area contributed by atoms with E-state index in [1.165, 1.54) is 5.56 Å². The smallest absolute Gasteiger partial charge is 0.258 e. The normalized spacial score (nSPS) is 11.2. The molecule has 0 unspecified atom stereocenters. The number of nitrogens with zero attached hydrogens (tertiary/aromatic N) is 3. The highest BCUT2D eigenvalue weighted by atomic mass is 16.5. The van der Waals surface area contributed by atoms with Gasteiger partial charge in [0, 0.05) is 25.4 Å². The third kappa shape index (κ3) is 4.29. The number of benzene rings is 1. The second-order valence-corrected chi connectivity index (χ2v) is 6.58. The predicted molar refractivity (Wildman–Crippen MR) is 104 cm³/mol. The topological polar surface area (TPSA) is 46.8 Å². The quantitative estimate of drug-likeness (QED) is 0.654. The number of hydrogen-bond acceptors (Lipinski definition) is 4. The van der Waals surface area contributed by atoms with Crippen LogP contribution in [-0.2, 0) is 13.1 Å². The average Bonchev–Trinajstić information content (AvgIpc) is 2.62. The van der Waals surface area contributed by atoms with Crippen LogP contribution in [0.5, 0.6) is 5.75 Å². The summed E-state index contributed by atoms with van der Waals surface area (Å²) in [5.41, 5.74) is 3.78. The van der Waals surface area contributed by atoms with Gasteiger partial charge in [-0.2, -0.15) is 0 Å². The summed E-state index contributed by atoms with van der Waals surface area (Å²) >= 11 is 0. The molecule has 26 heavy (non-hydrogen) atoms. The zero-order chi connectivity index (χ0) is 18.5. The molecule has 0 radical (unpaired) electrons. The van der Waals surface area contributed by atoms with Gasteiger partial charge in [0.25, 0.3) is 5.56 Å². The zero-order valence-electron chi connectivity index (χ0n) is 15.6. The number of aryl methyl sites for hydroxylation is 1. The molecule has 2 aromatic heterocycles. The van der Waals surface area contributed by atoms with Crippen LogP contribution < -0.4 is 10.3 Å². The maximum atomic E-state index is 12.4. The first-order chi connectivity index (χ1) is 12.6. The molecule has 2 heterocycles. The van der Waals surface area contributed by atoms with Gasteiger partial charge in [-0.05, 0) is 55.3 Å². The Morgan fingerprint density at radius 1 is 1.12 bits per heavy atom. The van der Waals surface area contributed by atoms with Gasteiger partial charge in [0.1, 0.15) is 11.4 Å². The minimum atomic E-state index is -0.0362. The lowest BCUT2D eigenvalue weighted by Gasteiger charge is -2.21. The Labute approximate surface area is 153 Å². The van der Waals surface area contributed by atoms with E-state index >= 15 is 0 Å². The van der Waals surface area contributed by atoms with Crippen LogP contribution in [0.2, 0.25) is 0 Å². The molecule has 0 aliphatic heterocycles. The third-order valence-corrected chi connectivity index (χ3v) is 4.37. The summed E-state index contributed by atoms with van der Waals surface area (Å²) in [5, 5.41) is 0. The van der Waals surface area contributed by atoms with Gasteiger partial charge in [-0.15, -0.1) is 0 Å². The van der Waals surface area contributed by atoms with Crippen molar-refractivity contribution >= 4 is 5.65 Å². The van der Waals surface area contributed by atoms with Gasteiger partial charge in [0.2, 0.25) is 0 Å². The number of fused-ring (bicyclic) bond motifs is 1. The van der Waals surface area contributed by atoms with Crippen molar-refractivity contribution in [2.75, 3.05) is 13.7 Å². The molecule has 0 amide bonds. The molecule has 0 saturated carbocycles. The van der Waals surface area contributed by atoms with Crippen molar-refractivity contribution in [2.24, 2.45) is 0 Å². The number of hydrogen-bond donors (Lipinski definition) is 0. The molecule has 0 atom stereocenters. The molecule has 5 nitrogen and oxygen atoms in total. The van der Waals surface area contributed by atoms with Crippen LogP contribution in [0.4, 0.5) is 0 Å². The number of ether oxygens (including phenoxy) is 1. The highest BCUT2D eigenvalue weighted by Crippen LogP contribution is 2.14. The molecule has 0 fully saturated rings. The Morgan fingerprint density at radius 3 is 2.58 bits per heavy atom. The minimum absolute atomic E-state index is 0.0362. The molecular weight excluding hydrogens is 326 g/mol. The summed E-state index contributed by atoms with van der Waals surface area (Å²) in [5.74, 6) is 0.857. The van der Waals surface area contributed by atoms with E-state index in [9.17, 15) is 4.79 Å². The molecular formula is C21H25N3O2. The highest BCUT2D eigenvalue weighted by molar-refractivity contribution is 5.41. The van der Waals surface area contributed by atoms with E-state index in [2.05, 4.69) is 28.9 Å². The Balaban J connectivity index is 1.82. The molecule has 0 saturated heterocycles. The van der Waals surface area contributed by atoms with Crippen LogP contribution in [0, 0.1) is 6.92 Å². The predicted octanol–water partition coefficient (Wildman–Crippen LogP) is 3.42. The van der Waals surface area contributed by atoms with Crippen LogP contribution in [-0.4, -0.2) is 27.9 Å². The minimum Gasteiger partial charge on any atom is -0.497 e. The Kier molecular flexibility index (Phi) is 5.68. The lowest BCUT2D eigenvalue weighted by atomic mass is 10.2. The first kappa shape index (κ1) is 18.1. The van der Waals surface area contributed by atoms with Crippen LogP contribution in [0.1, 0.15) is 30.2 Å². The fraction of sp³-hybridized carbons (Fsp3) is 0.333. The molecule has 1 aromatic carbocycles. The molecule has 0 aliphatic rings. The van der Waals surface area contributed by atoms with Crippen LogP contribution in [0.25, 0.3) is 5.65 Å². The molecule has 0 N–H and O–H groups in total. The molecule has 136 valence electrons. The maximum Gasteiger partial charge on any atom is 0.258 e. The SMILES string of the molecule is CCCN(Cc1ccc(OC)cc1)Cc1cc(=O)n2ccc(C)cc2n1. The van der Waals surface area contributed by atoms with Crippen LogP contribution >= 0.6 is 0 Å². The lowest BCUT2D eigenvalue weighted by molar-refractivity contribution is 0.254. The van der Waals surface area contributed by atoms with Gasteiger partial charge >= 0.3 is 0 Å². The number of methoxy groups -OCH3 is 1. The van der Waals surface area contributed by atoms with Crippen molar-refractivity contribution < 1.29 is 4.74 Å². The molecule has 3 aromatic rings.